The van der Waals surface area contributed by atoms with Crippen molar-refractivity contribution in [3.63, 3.8) is 0 Å². The lowest BCUT2D eigenvalue weighted by Crippen LogP contribution is -2.39. The van der Waals surface area contributed by atoms with Gasteiger partial charge in [-0.25, -0.2) is 8.42 Å². The molecule has 2 fully saturated rings. The second kappa shape index (κ2) is 5.68. The molecule has 22 heavy (non-hydrogen) atoms. The fourth-order valence-electron chi connectivity index (χ4n) is 2.54. The topological polar surface area (TPSA) is 74.7 Å². The molecule has 3 rings (SSSR count). The summed E-state index contributed by atoms with van der Waals surface area (Å²) < 4.78 is 23.6. The van der Waals surface area contributed by atoms with Crippen molar-refractivity contribution >= 4 is 50.1 Å². The quantitative estimate of drug-likeness (QED) is 0.644. The summed E-state index contributed by atoms with van der Waals surface area (Å²) >= 11 is 6.39. The van der Waals surface area contributed by atoms with Gasteiger partial charge in [-0.1, -0.05) is 36.1 Å². The maximum atomic E-state index is 12.5. The molecule has 2 aliphatic heterocycles. The van der Waals surface area contributed by atoms with E-state index in [1.54, 1.807) is 30.3 Å². The number of hydrogen-bond acceptors (Lipinski definition) is 6. The van der Waals surface area contributed by atoms with Gasteiger partial charge < -0.3 is 5.11 Å². The van der Waals surface area contributed by atoms with E-state index in [0.29, 0.717) is 21.2 Å². The van der Waals surface area contributed by atoms with Crippen LogP contribution in [-0.2, 0) is 14.6 Å². The van der Waals surface area contributed by atoms with E-state index in [1.807, 2.05) is 0 Å². The zero-order valence-electron chi connectivity index (χ0n) is 11.4. The molecule has 116 valence electrons. The van der Waals surface area contributed by atoms with Crippen LogP contribution >= 0.6 is 24.0 Å². The van der Waals surface area contributed by atoms with Crippen molar-refractivity contribution in [2.45, 2.75) is 12.5 Å². The van der Waals surface area contributed by atoms with Gasteiger partial charge in [0.25, 0.3) is 5.91 Å². The number of rotatable bonds is 2. The van der Waals surface area contributed by atoms with Crippen molar-refractivity contribution in [2.24, 2.45) is 0 Å². The van der Waals surface area contributed by atoms with Gasteiger partial charge in [-0.2, -0.15) is 0 Å². The van der Waals surface area contributed by atoms with Crippen molar-refractivity contribution in [1.82, 2.24) is 4.90 Å². The van der Waals surface area contributed by atoms with Gasteiger partial charge in [-0.15, -0.1) is 0 Å². The number of aromatic hydroxyl groups is 1. The second-order valence-electron chi connectivity index (χ2n) is 5.20. The number of hydrogen-bond donors (Lipinski definition) is 1. The maximum absolute atomic E-state index is 12.5. The van der Waals surface area contributed by atoms with E-state index < -0.39 is 9.84 Å². The summed E-state index contributed by atoms with van der Waals surface area (Å²) in [4.78, 5) is 14.4. The smallest absolute Gasteiger partial charge is 0.266 e. The first-order chi connectivity index (χ1) is 10.4. The number of thioether (sulfide) groups is 1. The second-order valence-corrected chi connectivity index (χ2v) is 9.11. The van der Waals surface area contributed by atoms with Gasteiger partial charge in [0.15, 0.2) is 9.84 Å². The Morgan fingerprint density at radius 3 is 2.82 bits per heavy atom. The Bertz CT molecular complexity index is 785. The summed E-state index contributed by atoms with van der Waals surface area (Å²) in [6.45, 7) is 0. The molecule has 0 spiro atoms. The van der Waals surface area contributed by atoms with Gasteiger partial charge in [0.2, 0.25) is 0 Å². The largest absolute Gasteiger partial charge is 0.508 e. The average Bonchev–Trinajstić information content (AvgIpc) is 2.90. The van der Waals surface area contributed by atoms with Crippen molar-refractivity contribution in [1.29, 1.82) is 0 Å². The monoisotopic (exact) mass is 355 g/mol. The highest BCUT2D eigenvalue weighted by atomic mass is 32.2. The minimum atomic E-state index is -3.08. The molecule has 1 aromatic rings. The zero-order chi connectivity index (χ0) is 15.9. The number of carbonyl (C=O) groups excluding carboxylic acids is 1. The Hall–Kier alpha value is -1.38. The van der Waals surface area contributed by atoms with Crippen LogP contribution in [0.15, 0.2) is 29.2 Å². The number of phenols is 1. The molecule has 1 N–H and O–H groups in total. The fraction of sp³-hybridized carbons (Fsp3) is 0.286. The minimum absolute atomic E-state index is 0.0289. The summed E-state index contributed by atoms with van der Waals surface area (Å²) in [6, 6.07) is 6.18. The molecule has 0 aromatic heterocycles. The molecule has 0 saturated carbocycles. The Labute approximate surface area is 137 Å². The van der Waals surface area contributed by atoms with Gasteiger partial charge in [0.1, 0.15) is 10.1 Å². The lowest BCUT2D eigenvalue weighted by molar-refractivity contribution is -0.123. The van der Waals surface area contributed by atoms with E-state index in [0.717, 1.165) is 11.8 Å². The predicted molar refractivity (Wildman–Crippen MR) is 90.2 cm³/mol. The number of carbonyl (C=O) groups is 1. The van der Waals surface area contributed by atoms with Gasteiger partial charge in [0, 0.05) is 0 Å². The first-order valence-corrected chi connectivity index (χ1v) is 9.67. The number of sulfone groups is 1. The molecule has 1 unspecified atom stereocenters. The summed E-state index contributed by atoms with van der Waals surface area (Å²) in [5.41, 5.74) is 0.694. The molecule has 0 aliphatic carbocycles. The Kier molecular flexibility index (Phi) is 4.00. The molecule has 1 aromatic carbocycles. The molecule has 0 radical (unpaired) electrons. The molecule has 0 bridgehead atoms. The molecule has 5 nitrogen and oxygen atoms in total. The van der Waals surface area contributed by atoms with Crippen LogP contribution in [0.5, 0.6) is 5.75 Å². The summed E-state index contributed by atoms with van der Waals surface area (Å²) in [5.74, 6) is -0.0781. The number of nitrogens with zero attached hydrogens (tertiary/aromatic N) is 1. The van der Waals surface area contributed by atoms with Crippen LogP contribution in [-0.4, -0.2) is 46.2 Å². The van der Waals surface area contributed by atoms with Gasteiger partial charge in [0.05, 0.1) is 22.5 Å². The highest BCUT2D eigenvalue weighted by Gasteiger charge is 2.42. The van der Waals surface area contributed by atoms with Crippen LogP contribution in [0.2, 0.25) is 0 Å². The highest BCUT2D eigenvalue weighted by Crippen LogP contribution is 2.36. The SMILES string of the molecule is O=C1C(=Cc2cccc(O)c2)SC(=S)N1C1CCS(=O)(=O)C1. The van der Waals surface area contributed by atoms with E-state index >= 15 is 0 Å². The van der Waals surface area contributed by atoms with Gasteiger partial charge in [-0.3, -0.25) is 9.69 Å². The van der Waals surface area contributed by atoms with E-state index in [-0.39, 0.29) is 29.2 Å². The lowest BCUT2D eigenvalue weighted by Gasteiger charge is -2.20. The maximum Gasteiger partial charge on any atom is 0.266 e. The molecule has 8 heteroatoms. The van der Waals surface area contributed by atoms with E-state index in [9.17, 15) is 18.3 Å². The Balaban J connectivity index is 1.86. The number of amides is 1. The molecule has 2 aliphatic rings. The molecule has 1 atom stereocenters. The molecule has 1 amide bonds. The Morgan fingerprint density at radius 2 is 2.18 bits per heavy atom. The highest BCUT2D eigenvalue weighted by molar-refractivity contribution is 8.26. The minimum Gasteiger partial charge on any atom is -0.508 e. The molecular weight excluding hydrogens is 342 g/mol. The third-order valence-corrected chi connectivity index (χ3v) is 6.65. The van der Waals surface area contributed by atoms with Crippen molar-refractivity contribution in [2.75, 3.05) is 11.5 Å². The predicted octanol–water partition coefficient (Wildman–Crippen LogP) is 1.78. The van der Waals surface area contributed by atoms with Crippen LogP contribution in [0, 0.1) is 0 Å². The lowest BCUT2D eigenvalue weighted by atomic mass is 10.2. The molecular formula is C14H13NO4S3. The first kappa shape index (κ1) is 15.5. The fourth-order valence-corrected chi connectivity index (χ4v) is 5.64. The van der Waals surface area contributed by atoms with Crippen LogP contribution in [0.3, 0.4) is 0 Å². The van der Waals surface area contributed by atoms with Crippen molar-refractivity contribution in [3.8, 4) is 5.75 Å². The van der Waals surface area contributed by atoms with E-state index in [2.05, 4.69) is 0 Å². The summed E-state index contributed by atoms with van der Waals surface area (Å²) in [5, 5.41) is 9.46. The molecule has 2 saturated heterocycles. The summed E-state index contributed by atoms with van der Waals surface area (Å²) in [6.07, 6.45) is 2.08. The van der Waals surface area contributed by atoms with Crippen molar-refractivity contribution < 1.29 is 18.3 Å². The van der Waals surface area contributed by atoms with Gasteiger partial charge >= 0.3 is 0 Å². The van der Waals surface area contributed by atoms with Gasteiger partial charge in [-0.05, 0) is 30.2 Å². The zero-order valence-corrected chi connectivity index (χ0v) is 13.9. The van der Waals surface area contributed by atoms with Crippen molar-refractivity contribution in [3.05, 3.63) is 34.7 Å². The van der Waals surface area contributed by atoms with Crippen LogP contribution in [0.25, 0.3) is 6.08 Å². The number of benzene rings is 1. The Morgan fingerprint density at radius 1 is 1.41 bits per heavy atom. The van der Waals surface area contributed by atoms with Crippen LogP contribution in [0.1, 0.15) is 12.0 Å². The number of thiocarbonyl (C=S) groups is 1. The van der Waals surface area contributed by atoms with E-state index in [1.165, 1.54) is 4.90 Å². The van der Waals surface area contributed by atoms with Crippen LogP contribution < -0.4 is 0 Å². The summed E-state index contributed by atoms with van der Waals surface area (Å²) in [7, 11) is -3.08. The third-order valence-electron chi connectivity index (χ3n) is 3.57. The first-order valence-electron chi connectivity index (χ1n) is 6.62. The van der Waals surface area contributed by atoms with E-state index in [4.69, 9.17) is 12.2 Å². The standard InChI is InChI=1S/C14H13NO4S3/c16-11-3-1-2-9(6-11)7-12-13(17)15(14(20)21-12)10-4-5-22(18,19)8-10/h1-3,6-7,10,16H,4-5,8H2. The molecule has 2 heterocycles. The normalized spacial score (nSPS) is 26.1. The number of phenolic OH excluding ortho intramolecular Hbond substituents is 1. The third kappa shape index (κ3) is 3.04. The van der Waals surface area contributed by atoms with Crippen LogP contribution in [0.4, 0.5) is 0 Å². The average molecular weight is 355 g/mol.